The van der Waals surface area contributed by atoms with E-state index in [9.17, 15) is 23.2 Å². The van der Waals surface area contributed by atoms with Crippen LogP contribution in [-0.2, 0) is 9.59 Å². The van der Waals surface area contributed by atoms with Crippen LogP contribution in [0.2, 0.25) is 0 Å². The highest BCUT2D eigenvalue weighted by Gasteiger charge is 2.44. The lowest BCUT2D eigenvalue weighted by Gasteiger charge is -2.24. The average molecular weight is 262 g/mol. The summed E-state index contributed by atoms with van der Waals surface area (Å²) in [6, 6.07) is -1.15. The van der Waals surface area contributed by atoms with E-state index in [1.54, 1.807) is 0 Å². The van der Waals surface area contributed by atoms with Crippen LogP contribution in [-0.4, -0.2) is 70.7 Å². The van der Waals surface area contributed by atoms with Gasteiger partial charge in [-0.1, -0.05) is 0 Å². The molecule has 2 aliphatic heterocycles. The first-order valence-electron chi connectivity index (χ1n) is 5.48. The standard InChI is InChI=1S/C10H12F2N2O4/c11-6-3-13(4-7(6)12)9(16)8-1-5(15)2-14(8)10(17)18/h6-8H,1-4H2,(H,17,18)/t6-,7+,8-/m0/s1. The Morgan fingerprint density at radius 2 is 1.78 bits per heavy atom. The van der Waals surface area contributed by atoms with E-state index in [4.69, 9.17) is 5.11 Å². The van der Waals surface area contributed by atoms with Gasteiger partial charge in [0.1, 0.15) is 6.04 Å². The second kappa shape index (κ2) is 4.51. The fourth-order valence-electron chi connectivity index (χ4n) is 2.23. The molecule has 100 valence electrons. The second-order valence-electron chi connectivity index (χ2n) is 4.44. The van der Waals surface area contributed by atoms with Gasteiger partial charge < -0.3 is 10.0 Å². The number of carboxylic acid groups (broad SMARTS) is 1. The molecular weight excluding hydrogens is 250 g/mol. The van der Waals surface area contributed by atoms with Crippen molar-refractivity contribution in [2.24, 2.45) is 0 Å². The molecule has 3 atom stereocenters. The summed E-state index contributed by atoms with van der Waals surface area (Å²) in [6.45, 7) is -1.13. The molecule has 2 rings (SSSR count). The topological polar surface area (TPSA) is 77.9 Å². The van der Waals surface area contributed by atoms with Crippen molar-refractivity contribution in [2.75, 3.05) is 19.6 Å². The molecule has 2 amide bonds. The van der Waals surface area contributed by atoms with E-state index < -0.39 is 43.5 Å². The molecule has 2 fully saturated rings. The minimum Gasteiger partial charge on any atom is -0.465 e. The Morgan fingerprint density at radius 1 is 1.22 bits per heavy atom. The zero-order chi connectivity index (χ0) is 13.4. The molecule has 0 bridgehead atoms. The van der Waals surface area contributed by atoms with Gasteiger partial charge in [-0.05, 0) is 0 Å². The highest BCUT2D eigenvalue weighted by atomic mass is 19.2. The summed E-state index contributed by atoms with van der Waals surface area (Å²) in [5.41, 5.74) is 0. The third-order valence-corrected chi connectivity index (χ3v) is 3.17. The van der Waals surface area contributed by atoms with E-state index >= 15 is 0 Å². The van der Waals surface area contributed by atoms with Crippen molar-refractivity contribution >= 4 is 17.8 Å². The summed E-state index contributed by atoms with van der Waals surface area (Å²) in [5.74, 6) is -1.07. The van der Waals surface area contributed by atoms with Gasteiger partial charge in [0.2, 0.25) is 5.91 Å². The first kappa shape index (κ1) is 12.7. The molecule has 2 saturated heterocycles. The second-order valence-corrected chi connectivity index (χ2v) is 4.44. The Hall–Kier alpha value is -1.73. The number of nitrogens with zero attached hydrogens (tertiary/aromatic N) is 2. The molecule has 0 spiro atoms. The van der Waals surface area contributed by atoms with E-state index in [2.05, 4.69) is 0 Å². The van der Waals surface area contributed by atoms with Crippen molar-refractivity contribution in [3.05, 3.63) is 0 Å². The lowest BCUT2D eigenvalue weighted by molar-refractivity contribution is -0.135. The monoisotopic (exact) mass is 262 g/mol. The van der Waals surface area contributed by atoms with Gasteiger partial charge in [0, 0.05) is 6.42 Å². The van der Waals surface area contributed by atoms with Crippen molar-refractivity contribution in [3.63, 3.8) is 0 Å². The van der Waals surface area contributed by atoms with Crippen molar-refractivity contribution in [2.45, 2.75) is 24.8 Å². The molecule has 2 heterocycles. The summed E-state index contributed by atoms with van der Waals surface area (Å²) in [4.78, 5) is 35.6. The summed E-state index contributed by atoms with van der Waals surface area (Å²) in [7, 11) is 0. The number of amides is 2. The van der Waals surface area contributed by atoms with E-state index in [-0.39, 0.29) is 18.7 Å². The maximum Gasteiger partial charge on any atom is 0.408 e. The molecule has 6 nitrogen and oxygen atoms in total. The number of hydrogen-bond acceptors (Lipinski definition) is 3. The summed E-state index contributed by atoms with van der Waals surface area (Å²) in [6.07, 6.45) is -5.10. The van der Waals surface area contributed by atoms with Crippen LogP contribution in [0.4, 0.5) is 13.6 Å². The third-order valence-electron chi connectivity index (χ3n) is 3.17. The van der Waals surface area contributed by atoms with Gasteiger partial charge in [-0.15, -0.1) is 0 Å². The Bertz CT molecular complexity index is 393. The minimum atomic E-state index is -1.75. The number of Topliss-reactive ketones (excluding diaryl/α,β-unsaturated/α-hetero) is 1. The number of hydrogen-bond donors (Lipinski definition) is 1. The summed E-state index contributed by atoms with van der Waals surface area (Å²) >= 11 is 0. The SMILES string of the molecule is O=C1C[C@@H](C(=O)N2C[C@@H](F)[C@@H](F)C2)N(C(=O)O)C1. The predicted octanol–water partition coefficient (Wildman–Crippen LogP) is -0.174. The van der Waals surface area contributed by atoms with Crippen LogP contribution >= 0.6 is 0 Å². The van der Waals surface area contributed by atoms with Crippen LogP contribution in [0.5, 0.6) is 0 Å². The Morgan fingerprint density at radius 3 is 2.28 bits per heavy atom. The van der Waals surface area contributed by atoms with Crippen LogP contribution < -0.4 is 0 Å². The summed E-state index contributed by atoms with van der Waals surface area (Å²) < 4.78 is 26.0. The van der Waals surface area contributed by atoms with E-state index in [1.807, 2.05) is 0 Å². The third kappa shape index (κ3) is 2.14. The molecule has 1 N–H and O–H groups in total. The molecule has 0 aliphatic carbocycles. The van der Waals surface area contributed by atoms with Gasteiger partial charge >= 0.3 is 6.09 Å². The molecule has 0 saturated carbocycles. The summed E-state index contributed by atoms with van der Waals surface area (Å²) in [5, 5.41) is 8.85. The first-order valence-corrected chi connectivity index (χ1v) is 5.48. The van der Waals surface area contributed by atoms with Gasteiger partial charge in [-0.3, -0.25) is 14.5 Å². The van der Waals surface area contributed by atoms with Crippen LogP contribution in [0.3, 0.4) is 0 Å². The number of likely N-dealkylation sites (tertiary alicyclic amines) is 2. The lowest BCUT2D eigenvalue weighted by Crippen LogP contribution is -2.46. The van der Waals surface area contributed by atoms with Gasteiger partial charge in [0.25, 0.3) is 0 Å². The Kier molecular flexibility index (Phi) is 3.18. The maximum atomic E-state index is 13.0. The van der Waals surface area contributed by atoms with Gasteiger partial charge in [-0.2, -0.15) is 0 Å². The number of carbonyl (C=O) groups is 3. The zero-order valence-electron chi connectivity index (χ0n) is 9.38. The Balaban J connectivity index is 2.09. The fourth-order valence-corrected chi connectivity index (χ4v) is 2.23. The normalized spacial score (nSPS) is 32.1. The predicted molar refractivity (Wildman–Crippen MR) is 54.5 cm³/mol. The maximum absolute atomic E-state index is 13.0. The van der Waals surface area contributed by atoms with Gasteiger partial charge in [0.15, 0.2) is 18.1 Å². The van der Waals surface area contributed by atoms with Crippen molar-refractivity contribution < 1.29 is 28.3 Å². The first-order chi connectivity index (χ1) is 8.40. The quantitative estimate of drug-likeness (QED) is 0.711. The van der Waals surface area contributed by atoms with Crippen LogP contribution in [0, 0.1) is 0 Å². The highest BCUT2D eigenvalue weighted by molar-refractivity contribution is 5.97. The number of ketones is 1. The molecule has 0 radical (unpaired) electrons. The van der Waals surface area contributed by atoms with Gasteiger partial charge in [-0.25, -0.2) is 13.6 Å². The molecule has 0 aromatic heterocycles. The van der Waals surface area contributed by atoms with Crippen LogP contribution in [0.25, 0.3) is 0 Å². The van der Waals surface area contributed by atoms with Crippen molar-refractivity contribution in [1.29, 1.82) is 0 Å². The van der Waals surface area contributed by atoms with Crippen LogP contribution in [0.15, 0.2) is 0 Å². The average Bonchev–Trinajstić information content (AvgIpc) is 2.82. The van der Waals surface area contributed by atoms with E-state index in [0.717, 1.165) is 4.90 Å². The largest absolute Gasteiger partial charge is 0.465 e. The molecule has 0 aromatic carbocycles. The van der Waals surface area contributed by atoms with Crippen molar-refractivity contribution in [1.82, 2.24) is 9.80 Å². The Labute approximate surface area is 101 Å². The molecule has 18 heavy (non-hydrogen) atoms. The van der Waals surface area contributed by atoms with E-state index in [0.29, 0.717) is 4.90 Å². The fraction of sp³-hybridized carbons (Fsp3) is 0.700. The van der Waals surface area contributed by atoms with Crippen molar-refractivity contribution in [3.8, 4) is 0 Å². The molecular formula is C10H12F2N2O4. The number of carbonyl (C=O) groups excluding carboxylic acids is 2. The van der Waals surface area contributed by atoms with Gasteiger partial charge in [0.05, 0.1) is 19.6 Å². The molecule has 0 unspecified atom stereocenters. The molecule has 8 heteroatoms. The zero-order valence-corrected chi connectivity index (χ0v) is 9.38. The molecule has 2 aliphatic rings. The smallest absolute Gasteiger partial charge is 0.408 e. The number of rotatable bonds is 1. The number of alkyl halides is 2. The minimum absolute atomic E-state index is 0.227. The number of halogens is 2. The molecule has 0 aromatic rings. The van der Waals surface area contributed by atoms with E-state index in [1.165, 1.54) is 0 Å². The van der Waals surface area contributed by atoms with Crippen LogP contribution in [0.1, 0.15) is 6.42 Å². The highest BCUT2D eigenvalue weighted by Crippen LogP contribution is 2.22. The lowest BCUT2D eigenvalue weighted by atomic mass is 10.2.